The maximum absolute atomic E-state index is 11.9. The molecule has 0 aliphatic rings. The number of hydrogen-bond donors (Lipinski definition) is 0. The highest BCUT2D eigenvalue weighted by atomic mass is 79.9. The smallest absolute Gasteiger partial charge is 0.358 e. The second kappa shape index (κ2) is 5.09. The van der Waals surface area contributed by atoms with Crippen molar-refractivity contribution in [1.29, 1.82) is 0 Å². The Morgan fingerprint density at radius 2 is 2.22 bits per heavy atom. The molecule has 92 valence electrons. The Kier molecular flexibility index (Phi) is 3.52. The van der Waals surface area contributed by atoms with Gasteiger partial charge in [-0.25, -0.2) is 0 Å². The minimum atomic E-state index is -0.597. The van der Waals surface area contributed by atoms with Gasteiger partial charge in [0.15, 0.2) is 5.78 Å². The molecule has 0 amide bonds. The van der Waals surface area contributed by atoms with Crippen LogP contribution in [0.5, 0.6) is 0 Å². The summed E-state index contributed by atoms with van der Waals surface area (Å²) in [5.74, 6) is -0.425. The first kappa shape index (κ1) is 12.4. The summed E-state index contributed by atoms with van der Waals surface area (Å²) in [4.78, 5) is 21.8. The highest BCUT2D eigenvalue weighted by Gasteiger charge is 2.14. The van der Waals surface area contributed by atoms with Crippen LogP contribution in [-0.2, 0) is 6.54 Å². The van der Waals surface area contributed by atoms with E-state index in [2.05, 4.69) is 21.0 Å². The molecule has 2 aromatic rings. The van der Waals surface area contributed by atoms with Gasteiger partial charge < -0.3 is 10.1 Å². The van der Waals surface area contributed by atoms with E-state index >= 15 is 0 Å². The van der Waals surface area contributed by atoms with Crippen LogP contribution in [0.15, 0.2) is 41.0 Å². The van der Waals surface area contributed by atoms with Gasteiger partial charge in [0.1, 0.15) is 6.54 Å². The normalized spacial score (nSPS) is 10.3. The standard InChI is InChI=1S/C11H8BrN3O3/c12-9-3-1-2-8(6-9)10(16)7-14-5-4-11(13-14)15(17)18/h1-6H,7H2. The van der Waals surface area contributed by atoms with Crippen LogP contribution in [0.2, 0.25) is 0 Å². The van der Waals surface area contributed by atoms with Gasteiger partial charge in [-0.2, -0.15) is 4.68 Å². The van der Waals surface area contributed by atoms with E-state index in [1.807, 2.05) is 6.07 Å². The fourth-order valence-electron chi connectivity index (χ4n) is 1.44. The molecule has 1 heterocycles. The van der Waals surface area contributed by atoms with E-state index in [4.69, 9.17) is 0 Å². The lowest BCUT2D eigenvalue weighted by Gasteiger charge is -1.99. The number of carbonyl (C=O) groups excluding carboxylic acids is 1. The molecule has 0 aliphatic heterocycles. The number of carbonyl (C=O) groups is 1. The first-order valence-electron chi connectivity index (χ1n) is 5.03. The molecule has 0 fully saturated rings. The summed E-state index contributed by atoms with van der Waals surface area (Å²) >= 11 is 3.28. The van der Waals surface area contributed by atoms with Gasteiger partial charge in [0, 0.05) is 10.0 Å². The number of halogens is 1. The second-order valence-corrected chi connectivity index (χ2v) is 4.48. The topological polar surface area (TPSA) is 78.0 Å². The molecule has 0 unspecified atom stereocenters. The number of nitro groups is 1. The molecule has 18 heavy (non-hydrogen) atoms. The molecular weight excluding hydrogens is 302 g/mol. The van der Waals surface area contributed by atoms with Crippen LogP contribution in [0, 0.1) is 10.1 Å². The average Bonchev–Trinajstić information content (AvgIpc) is 2.77. The number of hydrogen-bond acceptors (Lipinski definition) is 4. The van der Waals surface area contributed by atoms with Crippen LogP contribution in [-0.4, -0.2) is 20.5 Å². The van der Waals surface area contributed by atoms with Crippen LogP contribution in [0.4, 0.5) is 5.82 Å². The molecule has 7 heteroatoms. The van der Waals surface area contributed by atoms with Crippen LogP contribution in [0.25, 0.3) is 0 Å². The number of benzene rings is 1. The largest absolute Gasteiger partial charge is 0.389 e. The molecule has 0 saturated heterocycles. The number of rotatable bonds is 4. The molecule has 0 spiro atoms. The van der Waals surface area contributed by atoms with Crippen molar-refractivity contribution >= 4 is 27.5 Å². The minimum absolute atomic E-state index is 0.0235. The monoisotopic (exact) mass is 309 g/mol. The lowest BCUT2D eigenvalue weighted by atomic mass is 10.1. The van der Waals surface area contributed by atoms with E-state index in [9.17, 15) is 14.9 Å². The quantitative estimate of drug-likeness (QED) is 0.493. The SMILES string of the molecule is O=C(Cn1ccc([N+](=O)[O-])n1)c1cccc(Br)c1. The van der Waals surface area contributed by atoms with E-state index < -0.39 is 4.92 Å². The van der Waals surface area contributed by atoms with E-state index in [-0.39, 0.29) is 18.1 Å². The Labute approximate surface area is 111 Å². The summed E-state index contributed by atoms with van der Waals surface area (Å²) in [5, 5.41) is 14.1. The van der Waals surface area contributed by atoms with Crippen molar-refractivity contribution in [2.45, 2.75) is 6.54 Å². The van der Waals surface area contributed by atoms with Crippen LogP contribution >= 0.6 is 15.9 Å². The van der Waals surface area contributed by atoms with E-state index in [0.717, 1.165) is 4.47 Å². The van der Waals surface area contributed by atoms with Crippen LogP contribution in [0.3, 0.4) is 0 Å². The van der Waals surface area contributed by atoms with E-state index in [0.29, 0.717) is 5.56 Å². The first-order chi connectivity index (χ1) is 8.56. The number of Topliss-reactive ketones (excluding diaryl/α,β-unsaturated/α-hetero) is 1. The first-order valence-corrected chi connectivity index (χ1v) is 5.82. The molecule has 2 rings (SSSR count). The van der Waals surface area contributed by atoms with Gasteiger partial charge in [0.05, 0.1) is 17.4 Å². The van der Waals surface area contributed by atoms with Crippen molar-refractivity contribution in [2.75, 3.05) is 0 Å². The third-order valence-electron chi connectivity index (χ3n) is 2.27. The summed E-state index contributed by atoms with van der Waals surface area (Å²) in [6.45, 7) is -0.0235. The summed E-state index contributed by atoms with van der Waals surface area (Å²) in [6.07, 6.45) is 1.41. The van der Waals surface area contributed by atoms with Crippen molar-refractivity contribution in [3.63, 3.8) is 0 Å². The maximum atomic E-state index is 11.9. The fraction of sp³-hybridized carbons (Fsp3) is 0.0909. The third kappa shape index (κ3) is 2.80. The van der Waals surface area contributed by atoms with E-state index in [1.165, 1.54) is 16.9 Å². The summed E-state index contributed by atoms with van der Waals surface area (Å²) in [6, 6.07) is 8.21. The van der Waals surface area contributed by atoms with Gasteiger partial charge in [-0.1, -0.05) is 28.1 Å². The fourth-order valence-corrected chi connectivity index (χ4v) is 1.84. The molecule has 0 saturated carbocycles. The van der Waals surface area contributed by atoms with Crippen molar-refractivity contribution in [3.8, 4) is 0 Å². The molecule has 0 bridgehead atoms. The second-order valence-electron chi connectivity index (χ2n) is 3.56. The molecule has 1 aromatic carbocycles. The molecule has 6 nitrogen and oxygen atoms in total. The van der Waals surface area contributed by atoms with Crippen molar-refractivity contribution in [3.05, 3.63) is 56.7 Å². The summed E-state index contributed by atoms with van der Waals surface area (Å²) in [7, 11) is 0. The van der Waals surface area contributed by atoms with E-state index in [1.54, 1.807) is 18.2 Å². The van der Waals surface area contributed by atoms with Crippen LogP contribution < -0.4 is 0 Å². The zero-order valence-corrected chi connectivity index (χ0v) is 10.7. The Morgan fingerprint density at radius 1 is 1.44 bits per heavy atom. The zero-order chi connectivity index (χ0) is 13.1. The molecule has 0 atom stereocenters. The Balaban J connectivity index is 2.13. The van der Waals surface area contributed by atoms with Gasteiger partial charge in [-0.15, -0.1) is 0 Å². The van der Waals surface area contributed by atoms with Crippen LogP contribution in [0.1, 0.15) is 10.4 Å². The number of ketones is 1. The Morgan fingerprint density at radius 3 is 2.83 bits per heavy atom. The number of nitrogens with zero attached hydrogens (tertiary/aromatic N) is 3. The lowest BCUT2D eigenvalue weighted by molar-refractivity contribution is -0.389. The predicted molar refractivity (Wildman–Crippen MR) is 67.4 cm³/mol. The van der Waals surface area contributed by atoms with Crippen molar-refractivity contribution < 1.29 is 9.72 Å². The molecule has 0 radical (unpaired) electrons. The number of aromatic nitrogens is 2. The van der Waals surface area contributed by atoms with Gasteiger partial charge in [-0.05, 0) is 17.1 Å². The Hall–Kier alpha value is -2.02. The maximum Gasteiger partial charge on any atom is 0.389 e. The highest BCUT2D eigenvalue weighted by Crippen LogP contribution is 2.13. The van der Waals surface area contributed by atoms with Gasteiger partial charge in [0.25, 0.3) is 0 Å². The highest BCUT2D eigenvalue weighted by molar-refractivity contribution is 9.10. The summed E-state index contributed by atoms with van der Waals surface area (Å²) < 4.78 is 2.06. The minimum Gasteiger partial charge on any atom is -0.358 e. The summed E-state index contributed by atoms with van der Waals surface area (Å²) in [5.41, 5.74) is 0.530. The average molecular weight is 310 g/mol. The predicted octanol–water partition coefficient (Wildman–Crippen LogP) is 2.44. The Bertz CT molecular complexity index is 609. The third-order valence-corrected chi connectivity index (χ3v) is 2.76. The zero-order valence-electron chi connectivity index (χ0n) is 9.12. The molecule has 0 aliphatic carbocycles. The van der Waals surface area contributed by atoms with Crippen molar-refractivity contribution in [1.82, 2.24) is 9.78 Å². The lowest BCUT2D eigenvalue weighted by Crippen LogP contribution is -2.11. The van der Waals surface area contributed by atoms with Gasteiger partial charge in [0.2, 0.25) is 0 Å². The molecule has 1 aromatic heterocycles. The van der Waals surface area contributed by atoms with Crippen molar-refractivity contribution in [2.24, 2.45) is 0 Å². The molecular formula is C11H8BrN3O3. The van der Waals surface area contributed by atoms with Gasteiger partial charge in [-0.3, -0.25) is 4.79 Å². The van der Waals surface area contributed by atoms with Gasteiger partial charge >= 0.3 is 5.82 Å². The molecule has 0 N–H and O–H groups in total.